The van der Waals surface area contributed by atoms with Crippen LogP contribution in [0.25, 0.3) is 0 Å². The Morgan fingerprint density at radius 1 is 0.750 bits per heavy atom. The molecule has 0 aromatic heterocycles. The van der Waals surface area contributed by atoms with Gasteiger partial charge in [0, 0.05) is 0 Å². The van der Waals surface area contributed by atoms with E-state index in [-0.39, 0.29) is 7.92 Å². The molecular formula is C16H19P3Si. The van der Waals surface area contributed by atoms with Gasteiger partial charge in [0.05, 0.1) is 12.3 Å². The molecule has 0 N–H and O–H groups in total. The first-order chi connectivity index (χ1) is 9.55. The van der Waals surface area contributed by atoms with Gasteiger partial charge in [0.25, 0.3) is 0 Å². The molecule has 1 aliphatic heterocycles. The largest absolute Gasteiger partial charge is 0.0800 e. The molecular weight excluding hydrogens is 313 g/mol. The fraction of sp³-hybridized carbons (Fsp3) is 0.250. The van der Waals surface area contributed by atoms with Gasteiger partial charge in [-0.1, -0.05) is 96.0 Å². The molecule has 102 valence electrons. The Morgan fingerprint density at radius 3 is 1.45 bits per heavy atom. The lowest BCUT2D eigenvalue weighted by Crippen LogP contribution is -2.41. The fourth-order valence-electron chi connectivity index (χ4n) is 2.44. The monoisotopic (exact) mass is 332 g/mol. The molecule has 0 saturated heterocycles. The molecule has 3 rings (SSSR count). The summed E-state index contributed by atoms with van der Waals surface area (Å²) in [4.78, 5) is 0. The lowest BCUT2D eigenvalue weighted by atomic mass is 10.4. The highest BCUT2D eigenvalue weighted by atomic mass is 31.8. The van der Waals surface area contributed by atoms with E-state index in [1.807, 2.05) is 0 Å². The van der Waals surface area contributed by atoms with E-state index in [1.165, 1.54) is 0 Å². The summed E-state index contributed by atoms with van der Waals surface area (Å²) in [6, 6.07) is 22.4. The van der Waals surface area contributed by atoms with Gasteiger partial charge >= 0.3 is 0 Å². The molecule has 0 unspecified atom stereocenters. The van der Waals surface area contributed by atoms with Crippen LogP contribution in [-0.2, 0) is 0 Å². The Morgan fingerprint density at radius 2 is 1.15 bits per heavy atom. The maximum absolute atomic E-state index is 2.54. The van der Waals surface area contributed by atoms with Gasteiger partial charge in [-0.2, -0.15) is 0 Å². The molecule has 0 saturated carbocycles. The Kier molecular flexibility index (Phi) is 4.00. The molecule has 2 aromatic rings. The summed E-state index contributed by atoms with van der Waals surface area (Å²) in [5.74, 6) is 0. The molecule has 0 aliphatic carbocycles. The van der Waals surface area contributed by atoms with Gasteiger partial charge in [0.15, 0.2) is 0 Å². The molecule has 0 bridgehead atoms. The van der Waals surface area contributed by atoms with Crippen LogP contribution in [0.1, 0.15) is 0 Å². The van der Waals surface area contributed by atoms with Crippen molar-refractivity contribution in [2.75, 3.05) is 0 Å². The Bertz CT molecular complexity index is 572. The molecule has 4 heteroatoms. The van der Waals surface area contributed by atoms with E-state index in [9.17, 15) is 0 Å². The van der Waals surface area contributed by atoms with Gasteiger partial charge in [-0.3, -0.25) is 0 Å². The highest BCUT2D eigenvalue weighted by Crippen LogP contribution is 2.79. The van der Waals surface area contributed by atoms with E-state index in [0.717, 1.165) is 0 Å². The van der Waals surface area contributed by atoms with Crippen LogP contribution in [0.2, 0.25) is 19.6 Å². The summed E-state index contributed by atoms with van der Waals surface area (Å²) < 4.78 is 0.561. The zero-order valence-electron chi connectivity index (χ0n) is 12.1. The minimum absolute atomic E-state index is 0.234. The molecule has 0 amide bonds. The van der Waals surface area contributed by atoms with Crippen molar-refractivity contribution in [2.45, 2.75) is 23.9 Å². The summed E-state index contributed by atoms with van der Waals surface area (Å²) in [6.45, 7) is 7.63. The third-order valence-corrected chi connectivity index (χ3v) is 21.5. The first-order valence-corrected chi connectivity index (χ1v) is 14.2. The lowest BCUT2D eigenvalue weighted by Gasteiger charge is -2.36. The number of benzene rings is 2. The van der Waals surface area contributed by atoms with Crippen LogP contribution in [0.5, 0.6) is 0 Å². The van der Waals surface area contributed by atoms with Crippen LogP contribution in [-0.4, -0.2) is 12.3 Å². The van der Waals surface area contributed by atoms with Gasteiger partial charge in [-0.05, 0) is 18.5 Å². The van der Waals surface area contributed by atoms with Crippen molar-refractivity contribution in [1.29, 1.82) is 0 Å². The second kappa shape index (κ2) is 5.47. The molecule has 1 aliphatic rings. The standard InChI is InChI=1S/C16H19P3Si/c1-20(2,3)16(17-18-16)19(14-10-6-4-7-11-14)15-12-8-5-9-13-15/h4-13H,1-3H3. The minimum atomic E-state index is -1.20. The normalized spacial score (nSPS) is 22.8. The van der Waals surface area contributed by atoms with Crippen molar-refractivity contribution < 1.29 is 0 Å². The quantitative estimate of drug-likeness (QED) is 0.514. The average Bonchev–Trinajstić information content (AvgIpc) is 3.23. The fourth-order valence-corrected chi connectivity index (χ4v) is 20.6. The zero-order chi connectivity index (χ0) is 14.2. The SMILES string of the molecule is C[Si](C)(C)C1(P(c2ccccc2)c2ccccc2)P=P1. The summed E-state index contributed by atoms with van der Waals surface area (Å²) in [6.07, 6.45) is 0. The zero-order valence-corrected chi connectivity index (χ0v) is 15.8. The van der Waals surface area contributed by atoms with Gasteiger partial charge in [-0.25, -0.2) is 0 Å². The minimum Gasteiger partial charge on any atom is -0.0675 e. The molecule has 0 atom stereocenters. The molecule has 0 fully saturated rings. The Hall–Kier alpha value is -0.313. The third-order valence-electron chi connectivity index (χ3n) is 3.64. The van der Waals surface area contributed by atoms with Crippen molar-refractivity contribution in [1.82, 2.24) is 0 Å². The van der Waals surface area contributed by atoms with Gasteiger partial charge in [0.1, 0.15) is 0 Å². The lowest BCUT2D eigenvalue weighted by molar-refractivity contribution is 1.54. The van der Waals surface area contributed by atoms with Crippen molar-refractivity contribution >= 4 is 42.3 Å². The van der Waals surface area contributed by atoms with E-state index in [4.69, 9.17) is 0 Å². The number of hydrogen-bond donors (Lipinski definition) is 0. The molecule has 0 spiro atoms. The first-order valence-electron chi connectivity index (χ1n) is 6.89. The van der Waals surface area contributed by atoms with Crippen molar-refractivity contribution in [2.24, 2.45) is 0 Å². The summed E-state index contributed by atoms with van der Waals surface area (Å²) >= 11 is 0. The van der Waals surface area contributed by atoms with Crippen molar-refractivity contribution in [3.05, 3.63) is 60.7 Å². The van der Waals surface area contributed by atoms with Crippen molar-refractivity contribution in [3.8, 4) is 0 Å². The van der Waals surface area contributed by atoms with E-state index in [0.29, 0.717) is 4.26 Å². The molecule has 0 radical (unpaired) electrons. The Balaban J connectivity index is 2.11. The van der Waals surface area contributed by atoms with Crippen LogP contribution >= 0.6 is 23.7 Å². The topological polar surface area (TPSA) is 0 Å². The molecule has 0 nitrogen and oxygen atoms in total. The summed E-state index contributed by atoms with van der Waals surface area (Å²) in [5.41, 5.74) is 0. The van der Waals surface area contributed by atoms with Crippen LogP contribution in [0.4, 0.5) is 0 Å². The highest BCUT2D eigenvalue weighted by Gasteiger charge is 2.55. The highest BCUT2D eigenvalue weighted by molar-refractivity contribution is 8.19. The smallest absolute Gasteiger partial charge is 0.0675 e. The molecule has 1 heterocycles. The van der Waals surface area contributed by atoms with Gasteiger partial charge < -0.3 is 0 Å². The molecule has 20 heavy (non-hydrogen) atoms. The van der Waals surface area contributed by atoms with E-state index < -0.39 is 8.07 Å². The maximum Gasteiger partial charge on any atom is 0.0800 e. The first kappa shape index (κ1) is 14.6. The van der Waals surface area contributed by atoms with Gasteiger partial charge in [-0.15, -0.1) is 0 Å². The van der Waals surface area contributed by atoms with Crippen LogP contribution in [0.15, 0.2) is 60.7 Å². The van der Waals surface area contributed by atoms with E-state index in [1.54, 1.807) is 26.3 Å². The maximum atomic E-state index is 2.54. The second-order valence-electron chi connectivity index (χ2n) is 6.09. The predicted molar refractivity (Wildman–Crippen MR) is 99.0 cm³/mol. The Labute approximate surface area is 127 Å². The van der Waals surface area contributed by atoms with Crippen LogP contribution < -0.4 is 10.6 Å². The number of hydrogen-bond acceptors (Lipinski definition) is 0. The number of rotatable bonds is 4. The van der Waals surface area contributed by atoms with Crippen molar-refractivity contribution in [3.63, 3.8) is 0 Å². The van der Waals surface area contributed by atoms with Crippen LogP contribution in [0.3, 0.4) is 0 Å². The predicted octanol–water partition coefficient (Wildman–Crippen LogP) is 5.47. The van der Waals surface area contributed by atoms with Gasteiger partial charge in [0.2, 0.25) is 0 Å². The summed E-state index contributed by atoms with van der Waals surface area (Å²) in [5, 5.41) is 3.10. The van der Waals surface area contributed by atoms with E-state index >= 15 is 0 Å². The second-order valence-corrected chi connectivity index (χ2v) is 19.0. The third kappa shape index (κ3) is 2.58. The summed E-state index contributed by atoms with van der Waals surface area (Å²) in [7, 11) is 1.89. The van der Waals surface area contributed by atoms with E-state index in [2.05, 4.69) is 80.3 Å². The molecule has 2 aromatic carbocycles. The van der Waals surface area contributed by atoms with Crippen LogP contribution in [0, 0.1) is 0 Å². The average molecular weight is 332 g/mol.